The highest BCUT2D eigenvalue weighted by Gasteiger charge is 2.35. The Morgan fingerprint density at radius 1 is 1.06 bits per heavy atom. The van der Waals surface area contributed by atoms with Crippen LogP contribution >= 0.6 is 0 Å². The van der Waals surface area contributed by atoms with E-state index in [1.807, 2.05) is 6.92 Å². The third-order valence-electron chi connectivity index (χ3n) is 5.23. The first-order valence-electron chi connectivity index (χ1n) is 10.3. The summed E-state index contributed by atoms with van der Waals surface area (Å²) < 4.78 is 15.8. The number of unbranched alkanes of at least 4 members (excludes halogenated alkanes) is 1. The van der Waals surface area contributed by atoms with Crippen LogP contribution in [0.4, 0.5) is 5.69 Å². The standard InChI is InChI=1S/C23H22N2O7/c1-3-4-9-25-21(27)16-7-5-14(10-17(16)22(25)28)23(29)32-13(2)20(26)24-15-6-8-18-19(11-15)31-12-30-18/h5-8,10-11,13H,3-4,9,12H2,1-2H3,(H,24,26). The molecule has 166 valence electrons. The van der Waals surface area contributed by atoms with Crippen molar-refractivity contribution in [3.05, 3.63) is 53.1 Å². The second-order valence-electron chi connectivity index (χ2n) is 7.48. The number of fused-ring (bicyclic) bond motifs is 2. The van der Waals surface area contributed by atoms with Crippen LogP contribution in [0.15, 0.2) is 36.4 Å². The fourth-order valence-corrected chi connectivity index (χ4v) is 3.44. The minimum atomic E-state index is -1.10. The van der Waals surface area contributed by atoms with E-state index in [0.717, 1.165) is 6.42 Å². The van der Waals surface area contributed by atoms with Crippen LogP contribution < -0.4 is 14.8 Å². The quantitative estimate of drug-likeness (QED) is 0.522. The first-order valence-corrected chi connectivity index (χ1v) is 10.3. The van der Waals surface area contributed by atoms with Gasteiger partial charge in [0.05, 0.1) is 16.7 Å². The van der Waals surface area contributed by atoms with Crippen LogP contribution in [0.5, 0.6) is 11.5 Å². The highest BCUT2D eigenvalue weighted by molar-refractivity contribution is 6.22. The van der Waals surface area contributed by atoms with Gasteiger partial charge in [0.2, 0.25) is 6.79 Å². The Morgan fingerprint density at radius 3 is 2.59 bits per heavy atom. The minimum absolute atomic E-state index is 0.0879. The van der Waals surface area contributed by atoms with E-state index in [1.165, 1.54) is 30.0 Å². The topological polar surface area (TPSA) is 111 Å². The molecule has 9 nitrogen and oxygen atoms in total. The van der Waals surface area contributed by atoms with Gasteiger partial charge in [0.25, 0.3) is 17.7 Å². The molecule has 4 rings (SSSR count). The van der Waals surface area contributed by atoms with Crippen molar-refractivity contribution in [2.75, 3.05) is 18.7 Å². The molecule has 2 aliphatic rings. The van der Waals surface area contributed by atoms with Crippen molar-refractivity contribution in [1.82, 2.24) is 4.90 Å². The van der Waals surface area contributed by atoms with E-state index < -0.39 is 23.9 Å². The van der Waals surface area contributed by atoms with E-state index in [2.05, 4.69) is 5.32 Å². The van der Waals surface area contributed by atoms with Gasteiger partial charge in [0.1, 0.15) is 0 Å². The molecule has 0 aromatic heterocycles. The van der Waals surface area contributed by atoms with Crippen molar-refractivity contribution >= 4 is 29.4 Å². The summed E-state index contributed by atoms with van der Waals surface area (Å²) >= 11 is 0. The SMILES string of the molecule is CCCCN1C(=O)c2ccc(C(=O)OC(C)C(=O)Nc3ccc4c(c3)OCO4)cc2C1=O. The van der Waals surface area contributed by atoms with Crippen LogP contribution in [0.3, 0.4) is 0 Å². The lowest BCUT2D eigenvalue weighted by Crippen LogP contribution is -2.30. The molecule has 2 aromatic rings. The lowest BCUT2D eigenvalue weighted by molar-refractivity contribution is -0.123. The number of hydrogen-bond acceptors (Lipinski definition) is 7. The Morgan fingerprint density at radius 2 is 1.81 bits per heavy atom. The Hall–Kier alpha value is -3.88. The molecule has 2 heterocycles. The van der Waals surface area contributed by atoms with Gasteiger partial charge in [-0.15, -0.1) is 0 Å². The van der Waals surface area contributed by atoms with Gasteiger partial charge in [0, 0.05) is 18.3 Å². The zero-order chi connectivity index (χ0) is 22.8. The number of carbonyl (C=O) groups is 4. The smallest absolute Gasteiger partial charge is 0.338 e. The normalized spacial score (nSPS) is 14.9. The van der Waals surface area contributed by atoms with Crippen LogP contribution in [0.2, 0.25) is 0 Å². The molecule has 0 spiro atoms. The number of ether oxygens (including phenoxy) is 3. The monoisotopic (exact) mass is 438 g/mol. The molecule has 9 heteroatoms. The van der Waals surface area contributed by atoms with Crippen LogP contribution in [0.25, 0.3) is 0 Å². The third kappa shape index (κ3) is 4.01. The van der Waals surface area contributed by atoms with E-state index in [0.29, 0.717) is 30.2 Å². The van der Waals surface area contributed by atoms with Gasteiger partial charge >= 0.3 is 5.97 Å². The molecule has 0 radical (unpaired) electrons. The number of esters is 1. The molecule has 0 aliphatic carbocycles. The van der Waals surface area contributed by atoms with E-state index in [1.54, 1.807) is 18.2 Å². The van der Waals surface area contributed by atoms with E-state index in [-0.39, 0.29) is 29.4 Å². The summed E-state index contributed by atoms with van der Waals surface area (Å²) in [5.41, 5.74) is 0.982. The first-order chi connectivity index (χ1) is 15.4. The van der Waals surface area contributed by atoms with Crippen LogP contribution in [-0.4, -0.2) is 48.0 Å². The Labute approximate surface area is 184 Å². The zero-order valence-corrected chi connectivity index (χ0v) is 17.7. The zero-order valence-electron chi connectivity index (χ0n) is 17.7. The van der Waals surface area contributed by atoms with Crippen LogP contribution in [0, 0.1) is 0 Å². The lowest BCUT2D eigenvalue weighted by Gasteiger charge is -2.14. The summed E-state index contributed by atoms with van der Waals surface area (Å²) in [6, 6.07) is 9.12. The second-order valence-corrected chi connectivity index (χ2v) is 7.48. The van der Waals surface area contributed by atoms with Crippen LogP contribution in [0.1, 0.15) is 57.8 Å². The molecule has 3 amide bonds. The Bertz CT molecular complexity index is 1110. The molecular weight excluding hydrogens is 416 g/mol. The summed E-state index contributed by atoms with van der Waals surface area (Å²) in [6.07, 6.45) is 0.452. The van der Waals surface area contributed by atoms with Gasteiger partial charge in [-0.05, 0) is 43.7 Å². The van der Waals surface area contributed by atoms with Crippen molar-refractivity contribution < 1.29 is 33.4 Å². The van der Waals surface area contributed by atoms with Gasteiger partial charge in [-0.3, -0.25) is 19.3 Å². The highest BCUT2D eigenvalue weighted by Crippen LogP contribution is 2.34. The van der Waals surface area contributed by atoms with Gasteiger partial charge < -0.3 is 19.5 Å². The maximum absolute atomic E-state index is 12.6. The summed E-state index contributed by atoms with van der Waals surface area (Å²) in [5.74, 6) is -1.00. The molecule has 0 fully saturated rings. The third-order valence-corrected chi connectivity index (χ3v) is 5.23. The number of nitrogens with zero attached hydrogens (tertiary/aromatic N) is 1. The number of benzene rings is 2. The molecule has 1 N–H and O–H groups in total. The van der Waals surface area contributed by atoms with E-state index in [9.17, 15) is 19.2 Å². The molecule has 0 saturated heterocycles. The number of carbonyl (C=O) groups excluding carboxylic acids is 4. The maximum atomic E-state index is 12.6. The predicted molar refractivity (Wildman–Crippen MR) is 113 cm³/mol. The average Bonchev–Trinajstić information content (AvgIpc) is 3.34. The van der Waals surface area contributed by atoms with Crippen molar-refractivity contribution in [1.29, 1.82) is 0 Å². The number of anilines is 1. The van der Waals surface area contributed by atoms with Crippen molar-refractivity contribution in [2.45, 2.75) is 32.8 Å². The van der Waals surface area contributed by atoms with Gasteiger partial charge in [-0.1, -0.05) is 13.3 Å². The fourth-order valence-electron chi connectivity index (χ4n) is 3.44. The Balaban J connectivity index is 1.41. The summed E-state index contributed by atoms with van der Waals surface area (Å²) in [4.78, 5) is 51.2. The fraction of sp³-hybridized carbons (Fsp3) is 0.304. The van der Waals surface area contributed by atoms with E-state index >= 15 is 0 Å². The molecule has 1 unspecified atom stereocenters. The number of rotatable bonds is 7. The first kappa shape index (κ1) is 21.4. The summed E-state index contributed by atoms with van der Waals surface area (Å²) in [7, 11) is 0. The number of nitrogens with one attached hydrogen (secondary N) is 1. The van der Waals surface area contributed by atoms with Crippen molar-refractivity contribution in [3.8, 4) is 11.5 Å². The summed E-state index contributed by atoms with van der Waals surface area (Å²) in [6.45, 7) is 3.86. The maximum Gasteiger partial charge on any atom is 0.338 e. The number of imide groups is 1. The molecule has 32 heavy (non-hydrogen) atoms. The summed E-state index contributed by atoms with van der Waals surface area (Å²) in [5, 5.41) is 2.65. The predicted octanol–water partition coefficient (Wildman–Crippen LogP) is 3.00. The van der Waals surface area contributed by atoms with Crippen molar-refractivity contribution in [3.63, 3.8) is 0 Å². The minimum Gasteiger partial charge on any atom is -0.454 e. The largest absolute Gasteiger partial charge is 0.454 e. The van der Waals surface area contributed by atoms with Crippen molar-refractivity contribution in [2.24, 2.45) is 0 Å². The highest BCUT2D eigenvalue weighted by atomic mass is 16.7. The second kappa shape index (κ2) is 8.70. The van der Waals surface area contributed by atoms with E-state index in [4.69, 9.17) is 14.2 Å². The molecule has 0 bridgehead atoms. The number of hydrogen-bond donors (Lipinski definition) is 1. The van der Waals surface area contributed by atoms with Gasteiger partial charge in [0.15, 0.2) is 17.6 Å². The molecule has 1 atom stereocenters. The molecule has 2 aliphatic heterocycles. The molecule has 0 saturated carbocycles. The average molecular weight is 438 g/mol. The number of amides is 3. The Kier molecular flexibility index (Phi) is 5.81. The lowest BCUT2D eigenvalue weighted by atomic mass is 10.1. The molecule has 2 aromatic carbocycles. The molecular formula is C23H22N2O7. The van der Waals surface area contributed by atoms with Crippen LogP contribution in [-0.2, 0) is 9.53 Å². The van der Waals surface area contributed by atoms with Gasteiger partial charge in [-0.25, -0.2) is 4.79 Å². The van der Waals surface area contributed by atoms with Gasteiger partial charge in [-0.2, -0.15) is 0 Å².